The minimum absolute atomic E-state index is 0.0379. The first-order valence-electron chi connectivity index (χ1n) is 4.10. The van der Waals surface area contributed by atoms with E-state index in [4.69, 9.17) is 0 Å². The fraction of sp³-hybridized carbons (Fsp3) is 0.200. The number of carbonyl (C=O) groups excluding carboxylic acids is 2. The molecular formula is C10H10FNO2. The Morgan fingerprint density at radius 3 is 2.50 bits per heavy atom. The standard InChI is InChI=1S/C10H10FNO2/c1-12(6-7-13)10(14)8-2-4-9(11)5-3-8/h2-5,7H,6H2,1H3. The van der Waals surface area contributed by atoms with Gasteiger partial charge in [0.1, 0.15) is 12.1 Å². The van der Waals surface area contributed by atoms with Crippen LogP contribution >= 0.6 is 0 Å². The summed E-state index contributed by atoms with van der Waals surface area (Å²) >= 11 is 0. The molecule has 0 spiro atoms. The van der Waals surface area contributed by atoms with Crippen LogP contribution in [-0.2, 0) is 4.79 Å². The van der Waals surface area contributed by atoms with Gasteiger partial charge in [-0.2, -0.15) is 0 Å². The lowest BCUT2D eigenvalue weighted by molar-refractivity contribution is -0.108. The molecule has 0 bridgehead atoms. The number of nitrogens with zero attached hydrogens (tertiary/aromatic N) is 1. The summed E-state index contributed by atoms with van der Waals surface area (Å²) in [5, 5.41) is 0. The fourth-order valence-corrected chi connectivity index (χ4v) is 1.01. The van der Waals surface area contributed by atoms with E-state index < -0.39 is 0 Å². The van der Waals surface area contributed by atoms with Crippen LogP contribution in [-0.4, -0.2) is 30.7 Å². The number of amides is 1. The Kier molecular flexibility index (Phi) is 3.34. The van der Waals surface area contributed by atoms with Gasteiger partial charge in [0.2, 0.25) is 0 Å². The van der Waals surface area contributed by atoms with Crippen LogP contribution in [0.5, 0.6) is 0 Å². The third-order valence-corrected chi connectivity index (χ3v) is 1.79. The van der Waals surface area contributed by atoms with E-state index >= 15 is 0 Å². The molecule has 0 aliphatic rings. The van der Waals surface area contributed by atoms with Gasteiger partial charge in [-0.3, -0.25) is 4.79 Å². The minimum Gasteiger partial charge on any atom is -0.335 e. The quantitative estimate of drug-likeness (QED) is 0.677. The Hall–Kier alpha value is -1.71. The molecule has 0 unspecified atom stereocenters. The van der Waals surface area contributed by atoms with Crippen LogP contribution < -0.4 is 0 Å². The van der Waals surface area contributed by atoms with Crippen LogP contribution in [0.3, 0.4) is 0 Å². The molecule has 0 saturated carbocycles. The van der Waals surface area contributed by atoms with E-state index in [1.165, 1.54) is 36.2 Å². The highest BCUT2D eigenvalue weighted by atomic mass is 19.1. The van der Waals surface area contributed by atoms with Crippen molar-refractivity contribution >= 4 is 12.2 Å². The number of halogens is 1. The average Bonchev–Trinajstić information content (AvgIpc) is 2.18. The molecule has 0 radical (unpaired) electrons. The van der Waals surface area contributed by atoms with Gasteiger partial charge in [-0.25, -0.2) is 4.39 Å². The van der Waals surface area contributed by atoms with Gasteiger partial charge < -0.3 is 9.69 Å². The highest BCUT2D eigenvalue weighted by Crippen LogP contribution is 2.05. The summed E-state index contributed by atoms with van der Waals surface area (Å²) in [5.74, 6) is -0.684. The third kappa shape index (κ3) is 2.39. The lowest BCUT2D eigenvalue weighted by Gasteiger charge is -2.13. The van der Waals surface area contributed by atoms with Gasteiger partial charge >= 0.3 is 0 Å². The molecule has 0 N–H and O–H groups in total. The zero-order chi connectivity index (χ0) is 10.6. The minimum atomic E-state index is -0.389. The van der Waals surface area contributed by atoms with E-state index in [2.05, 4.69) is 0 Å². The molecule has 0 aliphatic carbocycles. The summed E-state index contributed by atoms with van der Waals surface area (Å²) in [6.45, 7) is 0.0379. The summed E-state index contributed by atoms with van der Waals surface area (Å²) in [7, 11) is 1.51. The van der Waals surface area contributed by atoms with Crippen LogP contribution in [0.4, 0.5) is 4.39 Å². The van der Waals surface area contributed by atoms with Gasteiger partial charge in [-0.15, -0.1) is 0 Å². The maximum absolute atomic E-state index is 12.5. The smallest absolute Gasteiger partial charge is 0.253 e. The normalized spacial score (nSPS) is 9.57. The molecule has 0 fully saturated rings. The Balaban J connectivity index is 2.78. The number of hydrogen-bond acceptors (Lipinski definition) is 2. The molecule has 0 aliphatic heterocycles. The van der Waals surface area contributed by atoms with Crippen molar-refractivity contribution in [1.82, 2.24) is 4.90 Å². The number of benzene rings is 1. The molecule has 0 saturated heterocycles. The molecule has 14 heavy (non-hydrogen) atoms. The topological polar surface area (TPSA) is 37.4 Å². The number of hydrogen-bond donors (Lipinski definition) is 0. The Morgan fingerprint density at radius 1 is 1.43 bits per heavy atom. The molecule has 0 atom stereocenters. The largest absolute Gasteiger partial charge is 0.335 e. The SMILES string of the molecule is CN(CC=O)C(=O)c1ccc(F)cc1. The first-order valence-corrected chi connectivity index (χ1v) is 4.10. The second-order valence-corrected chi connectivity index (χ2v) is 2.86. The van der Waals surface area contributed by atoms with Gasteiger partial charge in [-0.1, -0.05) is 0 Å². The second-order valence-electron chi connectivity index (χ2n) is 2.86. The summed E-state index contributed by atoms with van der Waals surface area (Å²) in [4.78, 5) is 22.9. The van der Waals surface area contributed by atoms with Crippen molar-refractivity contribution in [1.29, 1.82) is 0 Å². The molecule has 0 aromatic heterocycles. The van der Waals surface area contributed by atoms with Crippen LogP contribution in [0.1, 0.15) is 10.4 Å². The van der Waals surface area contributed by atoms with Crippen LogP contribution in [0, 0.1) is 5.82 Å². The predicted octanol–water partition coefficient (Wildman–Crippen LogP) is 1.10. The lowest BCUT2D eigenvalue weighted by atomic mass is 10.2. The first kappa shape index (κ1) is 10.4. The van der Waals surface area contributed by atoms with Crippen molar-refractivity contribution < 1.29 is 14.0 Å². The molecule has 4 heteroatoms. The zero-order valence-electron chi connectivity index (χ0n) is 7.74. The molecule has 1 rings (SSSR count). The summed E-state index contributed by atoms with van der Waals surface area (Å²) in [6.07, 6.45) is 0.640. The first-order chi connectivity index (χ1) is 6.65. The number of likely N-dealkylation sites (N-methyl/N-ethyl adjacent to an activating group) is 1. The zero-order valence-corrected chi connectivity index (χ0v) is 7.74. The number of aldehydes is 1. The van der Waals surface area contributed by atoms with Crippen LogP contribution in [0.15, 0.2) is 24.3 Å². The van der Waals surface area contributed by atoms with Crippen LogP contribution in [0.25, 0.3) is 0 Å². The second kappa shape index (κ2) is 4.50. The molecule has 74 valence electrons. The number of rotatable bonds is 3. The highest BCUT2D eigenvalue weighted by molar-refractivity contribution is 5.94. The molecule has 1 amide bonds. The predicted molar refractivity (Wildman–Crippen MR) is 49.4 cm³/mol. The van der Waals surface area contributed by atoms with E-state index in [1.807, 2.05) is 0 Å². The van der Waals surface area contributed by atoms with Crippen molar-refractivity contribution in [2.75, 3.05) is 13.6 Å². The van der Waals surface area contributed by atoms with E-state index in [-0.39, 0.29) is 18.3 Å². The Morgan fingerprint density at radius 2 is 2.00 bits per heavy atom. The average molecular weight is 195 g/mol. The summed E-state index contributed by atoms with van der Waals surface area (Å²) in [5.41, 5.74) is 0.371. The van der Waals surface area contributed by atoms with Gasteiger partial charge in [-0.05, 0) is 24.3 Å². The summed E-state index contributed by atoms with van der Waals surface area (Å²) in [6, 6.07) is 5.20. The molecule has 3 nitrogen and oxygen atoms in total. The van der Waals surface area contributed by atoms with Gasteiger partial charge in [0.05, 0.1) is 6.54 Å². The third-order valence-electron chi connectivity index (χ3n) is 1.79. The van der Waals surface area contributed by atoms with Crippen molar-refractivity contribution in [3.8, 4) is 0 Å². The van der Waals surface area contributed by atoms with E-state index in [0.717, 1.165) is 0 Å². The fourth-order valence-electron chi connectivity index (χ4n) is 1.01. The van der Waals surface area contributed by atoms with Crippen molar-refractivity contribution in [3.63, 3.8) is 0 Å². The Labute approximate surface area is 81.1 Å². The van der Waals surface area contributed by atoms with E-state index in [0.29, 0.717) is 11.8 Å². The maximum Gasteiger partial charge on any atom is 0.253 e. The van der Waals surface area contributed by atoms with Gasteiger partial charge in [0.25, 0.3) is 5.91 Å². The monoisotopic (exact) mass is 195 g/mol. The van der Waals surface area contributed by atoms with Gasteiger partial charge in [0.15, 0.2) is 0 Å². The highest BCUT2D eigenvalue weighted by Gasteiger charge is 2.10. The maximum atomic E-state index is 12.5. The van der Waals surface area contributed by atoms with E-state index in [1.54, 1.807) is 0 Å². The van der Waals surface area contributed by atoms with Gasteiger partial charge in [0, 0.05) is 12.6 Å². The van der Waals surface area contributed by atoms with Crippen molar-refractivity contribution in [3.05, 3.63) is 35.6 Å². The lowest BCUT2D eigenvalue weighted by Crippen LogP contribution is -2.28. The molecule has 1 aromatic carbocycles. The van der Waals surface area contributed by atoms with Crippen molar-refractivity contribution in [2.45, 2.75) is 0 Å². The molecule has 0 heterocycles. The number of carbonyl (C=O) groups is 2. The van der Waals surface area contributed by atoms with Crippen LogP contribution in [0.2, 0.25) is 0 Å². The summed E-state index contributed by atoms with van der Waals surface area (Å²) < 4.78 is 12.5. The molecule has 1 aromatic rings. The molecular weight excluding hydrogens is 185 g/mol. The Bertz CT molecular complexity index is 334. The van der Waals surface area contributed by atoms with Crippen molar-refractivity contribution in [2.24, 2.45) is 0 Å². The van der Waals surface area contributed by atoms with E-state index in [9.17, 15) is 14.0 Å².